The van der Waals surface area contributed by atoms with Crippen LogP contribution in [-0.2, 0) is 9.47 Å². The van der Waals surface area contributed by atoms with Crippen molar-refractivity contribution in [3.8, 4) is 0 Å². The lowest BCUT2D eigenvalue weighted by molar-refractivity contribution is 0.0789. The van der Waals surface area contributed by atoms with Crippen LogP contribution >= 0.6 is 0 Å². The lowest BCUT2D eigenvalue weighted by Gasteiger charge is -2.06. The van der Waals surface area contributed by atoms with Crippen molar-refractivity contribution in [2.45, 2.75) is 19.4 Å². The average molecular weight is 118 g/mol. The van der Waals surface area contributed by atoms with Crippen LogP contribution in [-0.4, -0.2) is 26.9 Å². The fraction of sp³-hybridized carbons (Fsp3) is 1.00. The fourth-order valence-electron chi connectivity index (χ4n) is 0.402. The number of hydrogen-bond acceptors (Lipinski definition) is 2. The number of rotatable bonds is 4. The number of hydrogen-bond donors (Lipinski definition) is 0. The van der Waals surface area contributed by atoms with E-state index in [9.17, 15) is 0 Å². The summed E-state index contributed by atoms with van der Waals surface area (Å²) in [7, 11) is 3.41. The molecule has 0 heterocycles. The highest BCUT2D eigenvalue weighted by atomic mass is 16.5. The summed E-state index contributed by atoms with van der Waals surface area (Å²) < 4.78 is 9.81. The molecule has 0 radical (unpaired) electrons. The third kappa shape index (κ3) is 4.09. The van der Waals surface area contributed by atoms with Crippen molar-refractivity contribution in [2.75, 3.05) is 20.8 Å². The summed E-state index contributed by atoms with van der Waals surface area (Å²) in [5, 5.41) is 0. The molecule has 2 heteroatoms. The van der Waals surface area contributed by atoms with Crippen molar-refractivity contribution in [2.24, 2.45) is 0 Å². The van der Waals surface area contributed by atoms with E-state index in [1.54, 1.807) is 14.2 Å². The molecule has 0 spiro atoms. The maximum Gasteiger partial charge on any atom is 0.0565 e. The van der Waals surface area contributed by atoms with Crippen LogP contribution < -0.4 is 0 Å². The minimum absolute atomic E-state index is 0.329. The summed E-state index contributed by atoms with van der Waals surface area (Å²) in [6.07, 6.45) is 1.31. The smallest absolute Gasteiger partial charge is 0.0565 e. The van der Waals surface area contributed by atoms with E-state index in [2.05, 4.69) is 0 Å². The quantitative estimate of drug-likeness (QED) is 0.549. The second-order valence-corrected chi connectivity index (χ2v) is 1.83. The summed E-state index contributed by atoms with van der Waals surface area (Å²) in [5.41, 5.74) is 0. The van der Waals surface area contributed by atoms with Crippen LogP contribution in [0.5, 0.6) is 0 Å². The van der Waals surface area contributed by atoms with E-state index in [4.69, 9.17) is 9.47 Å². The normalized spacial score (nSPS) is 13.9. The van der Waals surface area contributed by atoms with E-state index in [0.717, 1.165) is 13.0 Å². The van der Waals surface area contributed by atoms with E-state index >= 15 is 0 Å². The molecule has 0 saturated carbocycles. The topological polar surface area (TPSA) is 18.5 Å². The minimum atomic E-state index is 0.329. The Bertz CT molecular complexity index is 45.8. The Kier molecular flexibility index (Phi) is 5.01. The van der Waals surface area contributed by atoms with Gasteiger partial charge in [-0.3, -0.25) is 0 Å². The Morgan fingerprint density at radius 3 is 2.38 bits per heavy atom. The molecule has 50 valence electrons. The maximum atomic E-state index is 4.97. The Hall–Kier alpha value is -0.0800. The van der Waals surface area contributed by atoms with E-state index < -0.39 is 0 Å². The molecule has 8 heavy (non-hydrogen) atoms. The van der Waals surface area contributed by atoms with Gasteiger partial charge in [0.2, 0.25) is 0 Å². The first kappa shape index (κ1) is 7.92. The van der Waals surface area contributed by atoms with Crippen LogP contribution in [0.4, 0.5) is 0 Å². The molecule has 0 rings (SSSR count). The van der Waals surface area contributed by atoms with Gasteiger partial charge in [-0.15, -0.1) is 0 Å². The molecule has 0 aromatic carbocycles. The molecule has 2 nitrogen and oxygen atoms in total. The first-order valence-electron chi connectivity index (χ1n) is 2.83. The minimum Gasteiger partial charge on any atom is -0.385 e. The maximum absolute atomic E-state index is 4.97. The van der Waals surface area contributed by atoms with Crippen LogP contribution in [0.1, 0.15) is 13.3 Å². The van der Waals surface area contributed by atoms with Crippen LogP contribution in [0, 0.1) is 0 Å². The van der Waals surface area contributed by atoms with Crippen molar-refractivity contribution in [1.29, 1.82) is 0 Å². The Labute approximate surface area is 50.8 Å². The van der Waals surface area contributed by atoms with Crippen molar-refractivity contribution < 1.29 is 9.47 Å². The first-order valence-corrected chi connectivity index (χ1v) is 2.83. The largest absolute Gasteiger partial charge is 0.385 e. The Morgan fingerprint density at radius 1 is 1.38 bits per heavy atom. The average Bonchev–Trinajstić information content (AvgIpc) is 1.83. The highest BCUT2D eigenvalue weighted by molar-refractivity contribution is 4.45. The molecule has 1 atom stereocenters. The summed E-state index contributed by atoms with van der Waals surface area (Å²) in [6, 6.07) is 0. The summed E-state index contributed by atoms with van der Waals surface area (Å²) in [4.78, 5) is 0. The highest BCUT2D eigenvalue weighted by Gasteiger charge is 1.95. The molecule has 1 unspecified atom stereocenters. The van der Waals surface area contributed by atoms with Gasteiger partial charge in [-0.05, 0) is 13.3 Å². The number of methoxy groups -OCH3 is 2. The monoisotopic (exact) mass is 118 g/mol. The van der Waals surface area contributed by atoms with Gasteiger partial charge in [0.15, 0.2) is 0 Å². The van der Waals surface area contributed by atoms with Gasteiger partial charge in [-0.2, -0.15) is 0 Å². The zero-order chi connectivity index (χ0) is 6.41. The predicted octanol–water partition coefficient (Wildman–Crippen LogP) is 1.06. The van der Waals surface area contributed by atoms with Gasteiger partial charge in [0.25, 0.3) is 0 Å². The van der Waals surface area contributed by atoms with Gasteiger partial charge >= 0.3 is 0 Å². The van der Waals surface area contributed by atoms with E-state index in [0.29, 0.717) is 6.10 Å². The molecular weight excluding hydrogens is 104 g/mol. The van der Waals surface area contributed by atoms with Crippen molar-refractivity contribution in [3.63, 3.8) is 0 Å². The Balaban J connectivity index is 2.86. The summed E-state index contributed by atoms with van der Waals surface area (Å²) in [6.45, 7) is 2.81. The van der Waals surface area contributed by atoms with Crippen molar-refractivity contribution in [3.05, 3.63) is 0 Å². The SMILES string of the molecule is COCCC(C)OC. The molecule has 0 N–H and O–H groups in total. The van der Waals surface area contributed by atoms with Crippen molar-refractivity contribution >= 4 is 0 Å². The van der Waals surface area contributed by atoms with Gasteiger partial charge in [-0.25, -0.2) is 0 Å². The highest BCUT2D eigenvalue weighted by Crippen LogP contribution is 1.93. The lowest BCUT2D eigenvalue weighted by atomic mass is 10.3. The van der Waals surface area contributed by atoms with E-state index in [-0.39, 0.29) is 0 Å². The molecule has 0 aliphatic heterocycles. The molecule has 0 fully saturated rings. The molecule has 0 aliphatic rings. The summed E-state index contributed by atoms with van der Waals surface area (Å²) in [5.74, 6) is 0. The van der Waals surface area contributed by atoms with Gasteiger partial charge in [0.05, 0.1) is 6.10 Å². The standard InChI is InChI=1S/C6H14O2/c1-6(8-3)4-5-7-2/h6H,4-5H2,1-3H3. The molecule has 0 aromatic heterocycles. The second kappa shape index (κ2) is 5.06. The predicted molar refractivity (Wildman–Crippen MR) is 33.0 cm³/mol. The molecule has 0 amide bonds. The van der Waals surface area contributed by atoms with Crippen LogP contribution in [0.25, 0.3) is 0 Å². The van der Waals surface area contributed by atoms with Crippen molar-refractivity contribution in [1.82, 2.24) is 0 Å². The van der Waals surface area contributed by atoms with E-state index in [1.165, 1.54) is 0 Å². The lowest BCUT2D eigenvalue weighted by Crippen LogP contribution is -2.07. The number of ether oxygens (including phenoxy) is 2. The molecule has 0 saturated heterocycles. The zero-order valence-electron chi connectivity index (χ0n) is 5.81. The molecule has 0 aliphatic carbocycles. The fourth-order valence-corrected chi connectivity index (χ4v) is 0.402. The van der Waals surface area contributed by atoms with Gasteiger partial charge in [-0.1, -0.05) is 0 Å². The molecule has 0 aromatic rings. The van der Waals surface area contributed by atoms with Crippen LogP contribution in [0.15, 0.2) is 0 Å². The van der Waals surface area contributed by atoms with Gasteiger partial charge in [0, 0.05) is 20.8 Å². The van der Waals surface area contributed by atoms with E-state index in [1.807, 2.05) is 6.92 Å². The molecule has 0 bridgehead atoms. The molecular formula is C6H14O2. The first-order chi connectivity index (χ1) is 3.81. The zero-order valence-corrected chi connectivity index (χ0v) is 5.81. The van der Waals surface area contributed by atoms with Gasteiger partial charge in [0.1, 0.15) is 0 Å². The third-order valence-electron chi connectivity index (χ3n) is 1.13. The van der Waals surface area contributed by atoms with Crippen LogP contribution in [0.3, 0.4) is 0 Å². The van der Waals surface area contributed by atoms with Gasteiger partial charge < -0.3 is 9.47 Å². The summed E-state index contributed by atoms with van der Waals surface area (Å²) >= 11 is 0. The van der Waals surface area contributed by atoms with Crippen LogP contribution in [0.2, 0.25) is 0 Å². The Morgan fingerprint density at radius 2 is 2.00 bits per heavy atom. The third-order valence-corrected chi connectivity index (χ3v) is 1.13. The second-order valence-electron chi connectivity index (χ2n) is 1.83.